The van der Waals surface area contributed by atoms with E-state index in [1.807, 2.05) is 0 Å². The third-order valence-corrected chi connectivity index (χ3v) is 1.57. The molecule has 0 rings (SSSR count). The van der Waals surface area contributed by atoms with E-state index in [4.69, 9.17) is 11.5 Å². The van der Waals surface area contributed by atoms with Crippen LogP contribution in [0.15, 0.2) is 0 Å². The Labute approximate surface area is 82.0 Å². The van der Waals surface area contributed by atoms with E-state index in [9.17, 15) is 14.4 Å². The van der Waals surface area contributed by atoms with Gasteiger partial charge in [-0.25, -0.2) is 0 Å². The van der Waals surface area contributed by atoms with E-state index in [1.165, 1.54) is 0 Å². The molecule has 0 radical (unpaired) electrons. The number of carbonyl (C=O) groups excluding carboxylic acids is 3. The molecule has 0 aromatic heterocycles. The molecule has 0 spiro atoms. The molecule has 0 bridgehead atoms. The minimum Gasteiger partial charge on any atom is -0.349 e. The average molecular weight is 201 g/mol. The van der Waals surface area contributed by atoms with Crippen molar-refractivity contribution in [2.24, 2.45) is 11.5 Å². The van der Waals surface area contributed by atoms with Crippen molar-refractivity contribution < 1.29 is 14.4 Å². The number of nitrogens with two attached hydrogens (primary N) is 2. The van der Waals surface area contributed by atoms with Gasteiger partial charge in [-0.05, 0) is 0 Å². The van der Waals surface area contributed by atoms with Crippen LogP contribution in [0.4, 0.5) is 0 Å². The normalized spacial score (nSPS) is 9.57. The molecule has 6 heteroatoms. The SMILES string of the molecule is NCC(=O)CCC(=O)NCC(=O)CN. The van der Waals surface area contributed by atoms with Crippen molar-refractivity contribution in [3.63, 3.8) is 0 Å². The van der Waals surface area contributed by atoms with E-state index in [-0.39, 0.29) is 49.9 Å². The Bertz CT molecular complexity index is 206. The summed E-state index contributed by atoms with van der Waals surface area (Å²) in [5.74, 6) is -0.762. The van der Waals surface area contributed by atoms with Gasteiger partial charge in [-0.1, -0.05) is 0 Å². The van der Waals surface area contributed by atoms with Gasteiger partial charge in [0.1, 0.15) is 5.78 Å². The standard InChI is InChI=1S/C8H15N3O3/c9-3-6(12)1-2-8(14)11-5-7(13)4-10/h1-5,9-10H2,(H,11,14). The number of Topliss-reactive ketones (excluding diaryl/α,β-unsaturated/α-hetero) is 2. The molecule has 1 amide bonds. The van der Waals surface area contributed by atoms with Gasteiger partial charge in [0.2, 0.25) is 5.91 Å². The zero-order valence-corrected chi connectivity index (χ0v) is 7.91. The van der Waals surface area contributed by atoms with Crippen molar-refractivity contribution in [2.75, 3.05) is 19.6 Å². The highest BCUT2D eigenvalue weighted by Gasteiger charge is 2.06. The average Bonchev–Trinajstić information content (AvgIpc) is 2.22. The predicted molar refractivity (Wildman–Crippen MR) is 50.4 cm³/mol. The molecule has 0 heterocycles. The van der Waals surface area contributed by atoms with Crippen LogP contribution < -0.4 is 16.8 Å². The molecule has 14 heavy (non-hydrogen) atoms. The van der Waals surface area contributed by atoms with Crippen molar-refractivity contribution >= 4 is 17.5 Å². The lowest BCUT2D eigenvalue weighted by molar-refractivity contribution is -0.126. The van der Waals surface area contributed by atoms with Gasteiger partial charge in [-0.2, -0.15) is 0 Å². The van der Waals surface area contributed by atoms with Gasteiger partial charge >= 0.3 is 0 Å². The second-order valence-electron chi connectivity index (χ2n) is 2.76. The Kier molecular flexibility index (Phi) is 6.51. The molecule has 5 N–H and O–H groups in total. The number of ketones is 2. The molecule has 0 aliphatic carbocycles. The maximum atomic E-state index is 11.0. The number of hydrogen-bond acceptors (Lipinski definition) is 5. The van der Waals surface area contributed by atoms with Gasteiger partial charge in [-0.15, -0.1) is 0 Å². The lowest BCUT2D eigenvalue weighted by Gasteiger charge is -2.02. The van der Waals surface area contributed by atoms with Crippen LogP contribution >= 0.6 is 0 Å². The summed E-state index contributed by atoms with van der Waals surface area (Å²) in [4.78, 5) is 32.4. The summed E-state index contributed by atoms with van der Waals surface area (Å²) >= 11 is 0. The first-order chi connectivity index (χ1) is 6.60. The first-order valence-electron chi connectivity index (χ1n) is 4.30. The minimum atomic E-state index is -0.339. The molecule has 0 fully saturated rings. The smallest absolute Gasteiger partial charge is 0.220 e. The van der Waals surface area contributed by atoms with Gasteiger partial charge in [0.05, 0.1) is 19.6 Å². The van der Waals surface area contributed by atoms with Gasteiger partial charge in [-0.3, -0.25) is 14.4 Å². The molecule has 0 saturated heterocycles. The van der Waals surface area contributed by atoms with Crippen LogP contribution in [0.1, 0.15) is 12.8 Å². The van der Waals surface area contributed by atoms with Gasteiger partial charge in [0.15, 0.2) is 5.78 Å². The molecule has 80 valence electrons. The van der Waals surface area contributed by atoms with Crippen LogP contribution in [0, 0.1) is 0 Å². The monoisotopic (exact) mass is 201 g/mol. The Morgan fingerprint density at radius 2 is 1.50 bits per heavy atom. The van der Waals surface area contributed by atoms with Crippen LogP contribution in [0.2, 0.25) is 0 Å². The lowest BCUT2D eigenvalue weighted by Crippen LogP contribution is -2.33. The zero-order chi connectivity index (χ0) is 11.0. The van der Waals surface area contributed by atoms with Crippen molar-refractivity contribution in [1.29, 1.82) is 0 Å². The molecule has 6 nitrogen and oxygen atoms in total. The van der Waals surface area contributed by atoms with E-state index in [0.29, 0.717) is 0 Å². The third kappa shape index (κ3) is 6.27. The summed E-state index contributed by atoms with van der Waals surface area (Å²) in [6, 6.07) is 0. The quantitative estimate of drug-likeness (QED) is 0.438. The molecule has 0 aliphatic rings. The Morgan fingerprint density at radius 1 is 0.929 bits per heavy atom. The van der Waals surface area contributed by atoms with E-state index in [0.717, 1.165) is 0 Å². The highest BCUT2D eigenvalue weighted by Crippen LogP contribution is 1.89. The van der Waals surface area contributed by atoms with Crippen LogP contribution in [-0.2, 0) is 14.4 Å². The number of nitrogens with one attached hydrogen (secondary N) is 1. The fourth-order valence-electron chi connectivity index (χ4n) is 0.713. The fourth-order valence-corrected chi connectivity index (χ4v) is 0.713. The highest BCUT2D eigenvalue weighted by atomic mass is 16.2. The molecule has 0 unspecified atom stereocenters. The highest BCUT2D eigenvalue weighted by molar-refractivity contribution is 5.89. The first-order valence-corrected chi connectivity index (χ1v) is 4.30. The first kappa shape index (κ1) is 12.7. The van der Waals surface area contributed by atoms with E-state index in [2.05, 4.69) is 5.32 Å². The summed E-state index contributed by atoms with van der Waals surface area (Å²) in [6.07, 6.45) is 0.174. The van der Waals surface area contributed by atoms with Crippen LogP contribution in [0.25, 0.3) is 0 Å². The van der Waals surface area contributed by atoms with Crippen molar-refractivity contribution in [1.82, 2.24) is 5.32 Å². The van der Waals surface area contributed by atoms with Crippen molar-refractivity contribution in [3.8, 4) is 0 Å². The van der Waals surface area contributed by atoms with Crippen LogP contribution in [0.3, 0.4) is 0 Å². The maximum Gasteiger partial charge on any atom is 0.220 e. The third-order valence-electron chi connectivity index (χ3n) is 1.57. The molecular formula is C8H15N3O3. The topological polar surface area (TPSA) is 115 Å². The van der Waals surface area contributed by atoms with Crippen LogP contribution in [-0.4, -0.2) is 37.1 Å². The fraction of sp³-hybridized carbons (Fsp3) is 0.625. The molecule has 0 saturated carbocycles. The summed E-state index contributed by atoms with van der Waals surface area (Å²) in [5.41, 5.74) is 10.1. The number of rotatable bonds is 7. The summed E-state index contributed by atoms with van der Waals surface area (Å²) in [5, 5.41) is 2.35. The second-order valence-corrected chi connectivity index (χ2v) is 2.76. The minimum absolute atomic E-state index is 0.0605. The van der Waals surface area contributed by atoms with E-state index < -0.39 is 0 Å². The molecular weight excluding hydrogens is 186 g/mol. The largest absolute Gasteiger partial charge is 0.349 e. The molecule has 0 atom stereocenters. The molecule has 0 aliphatic heterocycles. The predicted octanol–water partition coefficient (Wildman–Crippen LogP) is -2.06. The Balaban J connectivity index is 3.56. The number of carbonyl (C=O) groups is 3. The molecule has 0 aromatic rings. The van der Waals surface area contributed by atoms with Gasteiger partial charge in [0.25, 0.3) is 0 Å². The second kappa shape index (κ2) is 7.16. The summed E-state index contributed by atoms with van der Waals surface area (Å²) < 4.78 is 0. The van der Waals surface area contributed by atoms with Crippen molar-refractivity contribution in [2.45, 2.75) is 12.8 Å². The number of hydrogen-bond donors (Lipinski definition) is 3. The van der Waals surface area contributed by atoms with E-state index in [1.54, 1.807) is 0 Å². The molecule has 0 aromatic carbocycles. The number of amides is 1. The Hall–Kier alpha value is -1.27. The van der Waals surface area contributed by atoms with Crippen molar-refractivity contribution in [3.05, 3.63) is 0 Å². The lowest BCUT2D eigenvalue weighted by atomic mass is 10.2. The van der Waals surface area contributed by atoms with Gasteiger partial charge in [0, 0.05) is 12.8 Å². The van der Waals surface area contributed by atoms with Crippen LogP contribution in [0.5, 0.6) is 0 Å². The maximum absolute atomic E-state index is 11.0. The van der Waals surface area contributed by atoms with Gasteiger partial charge < -0.3 is 16.8 Å². The summed E-state index contributed by atoms with van der Waals surface area (Å²) in [6.45, 7) is -0.233. The zero-order valence-electron chi connectivity index (χ0n) is 7.91. The summed E-state index contributed by atoms with van der Waals surface area (Å²) in [7, 11) is 0. The Morgan fingerprint density at radius 3 is 2.00 bits per heavy atom. The van der Waals surface area contributed by atoms with E-state index >= 15 is 0 Å².